The summed E-state index contributed by atoms with van der Waals surface area (Å²) in [5.41, 5.74) is 1.10. The molecule has 0 saturated carbocycles. The summed E-state index contributed by atoms with van der Waals surface area (Å²) in [6.07, 6.45) is 4.34. The number of thiazole rings is 1. The quantitative estimate of drug-likeness (QED) is 0.920. The smallest absolute Gasteiger partial charge is 0.264 e. The number of halogens is 2. The number of ether oxygens (including phenoxy) is 1. The first-order valence-electron chi connectivity index (χ1n) is 6.98. The molecule has 7 heteroatoms. The Hall–Kier alpha value is -1.66. The highest BCUT2D eigenvalue weighted by atomic mass is 35.5. The molecular weight excluding hydrogens is 327 g/mol. The monoisotopic (exact) mass is 340 g/mol. The van der Waals surface area contributed by atoms with Gasteiger partial charge in [-0.15, -0.1) is 11.3 Å². The van der Waals surface area contributed by atoms with Gasteiger partial charge in [-0.1, -0.05) is 11.6 Å². The number of nitrogens with zero attached hydrogens (tertiary/aromatic N) is 1. The van der Waals surface area contributed by atoms with E-state index in [2.05, 4.69) is 10.3 Å². The number of rotatable bonds is 4. The minimum Gasteiger partial charge on any atom is -0.484 e. The Bertz CT molecular complexity index is 681. The maximum Gasteiger partial charge on any atom is 0.264 e. The van der Waals surface area contributed by atoms with Gasteiger partial charge in [-0.25, -0.2) is 9.37 Å². The molecule has 1 heterocycles. The fourth-order valence-corrected chi connectivity index (χ4v) is 3.51. The molecule has 2 aromatic rings. The Morgan fingerprint density at radius 1 is 1.41 bits per heavy atom. The van der Waals surface area contributed by atoms with E-state index in [1.54, 1.807) is 0 Å². The highest BCUT2D eigenvalue weighted by Gasteiger charge is 2.16. The van der Waals surface area contributed by atoms with Gasteiger partial charge in [-0.2, -0.15) is 0 Å². The van der Waals surface area contributed by atoms with Crippen LogP contribution in [-0.2, 0) is 17.6 Å². The van der Waals surface area contributed by atoms with E-state index in [1.165, 1.54) is 40.8 Å². The SMILES string of the molecule is O=C(COc1ccc(F)c(Cl)c1)Nc1nc2c(s1)CCCC2. The Kier molecular flexibility index (Phi) is 4.59. The summed E-state index contributed by atoms with van der Waals surface area (Å²) >= 11 is 7.17. The second-order valence-corrected chi connectivity index (χ2v) is 6.50. The molecule has 1 aromatic carbocycles. The molecule has 116 valence electrons. The van der Waals surface area contributed by atoms with Gasteiger partial charge in [-0.3, -0.25) is 10.1 Å². The molecule has 1 aromatic heterocycles. The van der Waals surface area contributed by atoms with Crippen LogP contribution in [0.4, 0.5) is 9.52 Å². The first kappa shape index (κ1) is 15.2. The highest BCUT2D eigenvalue weighted by molar-refractivity contribution is 7.15. The van der Waals surface area contributed by atoms with Gasteiger partial charge in [0.05, 0.1) is 10.7 Å². The second kappa shape index (κ2) is 6.62. The largest absolute Gasteiger partial charge is 0.484 e. The van der Waals surface area contributed by atoms with Crippen molar-refractivity contribution in [3.05, 3.63) is 39.6 Å². The number of aromatic nitrogens is 1. The summed E-state index contributed by atoms with van der Waals surface area (Å²) in [4.78, 5) is 17.6. The molecule has 1 aliphatic carbocycles. The molecule has 0 radical (unpaired) electrons. The Balaban J connectivity index is 1.56. The molecule has 0 unspecified atom stereocenters. The first-order chi connectivity index (χ1) is 10.6. The molecule has 0 spiro atoms. The lowest BCUT2D eigenvalue weighted by molar-refractivity contribution is -0.118. The van der Waals surface area contributed by atoms with E-state index in [9.17, 15) is 9.18 Å². The number of hydrogen-bond acceptors (Lipinski definition) is 4. The standard InChI is InChI=1S/C15H14ClFN2O2S/c16-10-7-9(5-6-11(10)17)21-8-14(20)19-15-18-12-3-1-2-4-13(12)22-15/h5-7H,1-4,8H2,(H,18,19,20). The minimum absolute atomic E-state index is 0.0366. The van der Waals surface area contributed by atoms with E-state index in [1.807, 2.05) is 0 Å². The molecule has 3 rings (SSSR count). The maximum atomic E-state index is 13.0. The zero-order valence-electron chi connectivity index (χ0n) is 11.7. The molecule has 1 aliphatic rings. The lowest BCUT2D eigenvalue weighted by atomic mass is 10.0. The Morgan fingerprint density at radius 2 is 2.23 bits per heavy atom. The number of nitrogens with one attached hydrogen (secondary N) is 1. The van der Waals surface area contributed by atoms with Crippen molar-refractivity contribution < 1.29 is 13.9 Å². The number of carbonyl (C=O) groups excluding carboxylic acids is 1. The van der Waals surface area contributed by atoms with Crippen LogP contribution < -0.4 is 10.1 Å². The van der Waals surface area contributed by atoms with E-state index in [0.717, 1.165) is 25.0 Å². The third-order valence-corrected chi connectivity index (χ3v) is 4.72. The van der Waals surface area contributed by atoms with Gasteiger partial charge >= 0.3 is 0 Å². The van der Waals surface area contributed by atoms with Crippen LogP contribution in [-0.4, -0.2) is 17.5 Å². The Morgan fingerprint density at radius 3 is 3.00 bits per heavy atom. The summed E-state index contributed by atoms with van der Waals surface area (Å²) < 4.78 is 18.3. The van der Waals surface area contributed by atoms with E-state index in [0.29, 0.717) is 10.9 Å². The van der Waals surface area contributed by atoms with Gasteiger partial charge in [0.2, 0.25) is 0 Å². The van der Waals surface area contributed by atoms with Crippen molar-refractivity contribution in [1.29, 1.82) is 0 Å². The van der Waals surface area contributed by atoms with Crippen molar-refractivity contribution in [1.82, 2.24) is 4.98 Å². The molecule has 0 saturated heterocycles. The van der Waals surface area contributed by atoms with Gasteiger partial charge < -0.3 is 4.74 Å². The summed E-state index contributed by atoms with van der Waals surface area (Å²) in [7, 11) is 0. The number of hydrogen-bond donors (Lipinski definition) is 1. The molecule has 0 atom stereocenters. The van der Waals surface area contributed by atoms with Crippen molar-refractivity contribution in [2.45, 2.75) is 25.7 Å². The van der Waals surface area contributed by atoms with Crippen LogP contribution >= 0.6 is 22.9 Å². The lowest BCUT2D eigenvalue weighted by Gasteiger charge is -2.06. The number of benzene rings is 1. The fourth-order valence-electron chi connectivity index (χ4n) is 2.28. The average molecular weight is 341 g/mol. The van der Waals surface area contributed by atoms with Crippen LogP contribution in [0.25, 0.3) is 0 Å². The molecule has 0 aliphatic heterocycles. The normalized spacial score (nSPS) is 13.5. The van der Waals surface area contributed by atoms with Crippen LogP contribution in [0.5, 0.6) is 5.75 Å². The highest BCUT2D eigenvalue weighted by Crippen LogP contribution is 2.29. The second-order valence-electron chi connectivity index (χ2n) is 5.01. The van der Waals surface area contributed by atoms with Crippen LogP contribution in [0.2, 0.25) is 5.02 Å². The predicted molar refractivity (Wildman–Crippen MR) is 84.3 cm³/mol. The van der Waals surface area contributed by atoms with Gasteiger partial charge in [0.25, 0.3) is 5.91 Å². The number of aryl methyl sites for hydroxylation is 2. The molecule has 1 N–H and O–H groups in total. The van der Waals surface area contributed by atoms with E-state index < -0.39 is 5.82 Å². The van der Waals surface area contributed by atoms with Gasteiger partial charge in [0, 0.05) is 10.9 Å². The third kappa shape index (κ3) is 3.56. The zero-order chi connectivity index (χ0) is 15.5. The summed E-state index contributed by atoms with van der Waals surface area (Å²) in [6, 6.07) is 3.97. The van der Waals surface area contributed by atoms with Crippen molar-refractivity contribution >= 4 is 34.0 Å². The number of anilines is 1. The lowest BCUT2D eigenvalue weighted by Crippen LogP contribution is -2.20. The maximum absolute atomic E-state index is 13.0. The molecule has 1 amide bonds. The van der Waals surface area contributed by atoms with Crippen molar-refractivity contribution in [3.8, 4) is 5.75 Å². The van der Waals surface area contributed by atoms with E-state index in [-0.39, 0.29) is 17.5 Å². The average Bonchev–Trinajstić information content (AvgIpc) is 2.90. The van der Waals surface area contributed by atoms with Crippen LogP contribution in [0.15, 0.2) is 18.2 Å². The number of amides is 1. The van der Waals surface area contributed by atoms with Gasteiger partial charge in [0.15, 0.2) is 11.7 Å². The van der Waals surface area contributed by atoms with Crippen LogP contribution in [0.1, 0.15) is 23.4 Å². The third-order valence-electron chi connectivity index (χ3n) is 3.35. The van der Waals surface area contributed by atoms with Crippen molar-refractivity contribution in [2.75, 3.05) is 11.9 Å². The zero-order valence-corrected chi connectivity index (χ0v) is 13.3. The predicted octanol–water partition coefficient (Wildman–Crippen LogP) is 3.83. The van der Waals surface area contributed by atoms with E-state index in [4.69, 9.17) is 16.3 Å². The van der Waals surface area contributed by atoms with Gasteiger partial charge in [0.1, 0.15) is 11.6 Å². The molecular formula is C15H14ClFN2O2S. The topological polar surface area (TPSA) is 51.2 Å². The molecule has 4 nitrogen and oxygen atoms in total. The minimum atomic E-state index is -0.521. The number of carbonyl (C=O) groups is 1. The van der Waals surface area contributed by atoms with Crippen LogP contribution in [0, 0.1) is 5.82 Å². The fraction of sp³-hybridized carbons (Fsp3) is 0.333. The first-order valence-corrected chi connectivity index (χ1v) is 8.17. The molecule has 0 fully saturated rings. The van der Waals surface area contributed by atoms with Crippen molar-refractivity contribution in [2.24, 2.45) is 0 Å². The number of fused-ring (bicyclic) bond motifs is 1. The summed E-state index contributed by atoms with van der Waals surface area (Å²) in [5, 5.41) is 3.30. The van der Waals surface area contributed by atoms with Crippen LogP contribution in [0.3, 0.4) is 0 Å². The van der Waals surface area contributed by atoms with Crippen molar-refractivity contribution in [3.63, 3.8) is 0 Å². The van der Waals surface area contributed by atoms with Gasteiger partial charge in [-0.05, 0) is 37.8 Å². The Labute approximate surface area is 136 Å². The molecule has 0 bridgehead atoms. The molecule has 22 heavy (non-hydrogen) atoms. The summed E-state index contributed by atoms with van der Waals surface area (Å²) in [6.45, 7) is -0.174. The van der Waals surface area contributed by atoms with E-state index >= 15 is 0 Å². The summed E-state index contributed by atoms with van der Waals surface area (Å²) in [5.74, 6) is -0.474.